The Morgan fingerprint density at radius 1 is 1.35 bits per heavy atom. The molecule has 0 radical (unpaired) electrons. The summed E-state index contributed by atoms with van der Waals surface area (Å²) in [5, 5.41) is 0. The molecule has 0 aliphatic carbocycles. The van der Waals surface area contributed by atoms with Crippen molar-refractivity contribution in [3.8, 4) is 0 Å². The highest BCUT2D eigenvalue weighted by molar-refractivity contribution is 5.89. The molecule has 0 fully saturated rings. The molecule has 0 spiro atoms. The lowest BCUT2D eigenvalue weighted by Gasteiger charge is -2.26. The molecule has 126 valence electrons. The van der Waals surface area contributed by atoms with Crippen molar-refractivity contribution in [2.75, 3.05) is 19.8 Å². The molecule has 1 heterocycles. The van der Waals surface area contributed by atoms with Crippen LogP contribution in [0.5, 0.6) is 0 Å². The Hall–Kier alpha value is -1.65. The fourth-order valence-electron chi connectivity index (χ4n) is 2.34. The third kappa shape index (κ3) is 5.81. The number of hydrogen-bond donors (Lipinski definition) is 0. The van der Waals surface area contributed by atoms with Crippen LogP contribution in [0, 0.1) is 0 Å². The minimum Gasteiger partial charge on any atom is -0.459 e. The molecular formula is C19H26O4. The second-order valence-corrected chi connectivity index (χ2v) is 6.05. The first kappa shape index (κ1) is 17.7. The van der Waals surface area contributed by atoms with Crippen molar-refractivity contribution >= 4 is 5.97 Å². The largest absolute Gasteiger partial charge is 0.459 e. The van der Waals surface area contributed by atoms with Crippen molar-refractivity contribution in [1.29, 1.82) is 0 Å². The van der Waals surface area contributed by atoms with E-state index in [-0.39, 0.29) is 18.7 Å². The van der Waals surface area contributed by atoms with E-state index in [0.717, 1.165) is 25.9 Å². The number of benzene rings is 1. The first-order valence-corrected chi connectivity index (χ1v) is 8.28. The van der Waals surface area contributed by atoms with Crippen LogP contribution in [0.25, 0.3) is 0 Å². The van der Waals surface area contributed by atoms with Gasteiger partial charge in [0.15, 0.2) is 0 Å². The molecule has 23 heavy (non-hydrogen) atoms. The number of esters is 1. The summed E-state index contributed by atoms with van der Waals surface area (Å²) < 4.78 is 17.1. The zero-order valence-electron chi connectivity index (χ0n) is 14.0. The van der Waals surface area contributed by atoms with Crippen LogP contribution in [0.15, 0.2) is 42.5 Å². The Morgan fingerprint density at radius 2 is 2.13 bits per heavy atom. The third-order valence-electron chi connectivity index (χ3n) is 3.82. The molecule has 1 aromatic carbocycles. The topological polar surface area (TPSA) is 44.8 Å². The van der Waals surface area contributed by atoms with Gasteiger partial charge in [-0.05, 0) is 31.9 Å². The van der Waals surface area contributed by atoms with Gasteiger partial charge in [-0.1, -0.05) is 43.7 Å². The van der Waals surface area contributed by atoms with Gasteiger partial charge in [0.25, 0.3) is 0 Å². The lowest BCUT2D eigenvalue weighted by molar-refractivity contribution is -0.0828. The number of unbranched alkanes of at least 4 members (excludes halogenated alkanes) is 1. The Balaban J connectivity index is 1.82. The molecule has 1 unspecified atom stereocenters. The maximum atomic E-state index is 12.0. The summed E-state index contributed by atoms with van der Waals surface area (Å²) in [5.74, 6) is -0.330. The molecule has 2 atom stereocenters. The quantitative estimate of drug-likeness (QED) is 0.436. The van der Waals surface area contributed by atoms with E-state index in [1.165, 1.54) is 0 Å². The molecule has 0 saturated carbocycles. The van der Waals surface area contributed by atoms with Crippen LogP contribution in [-0.4, -0.2) is 37.5 Å². The fraction of sp³-hybridized carbons (Fsp3) is 0.526. The lowest BCUT2D eigenvalue weighted by atomic mass is 10.1. The average molecular weight is 318 g/mol. The van der Waals surface area contributed by atoms with E-state index in [2.05, 4.69) is 13.0 Å². The first-order chi connectivity index (χ1) is 11.1. The number of ether oxygens (including phenoxy) is 3. The maximum absolute atomic E-state index is 12.0. The van der Waals surface area contributed by atoms with Gasteiger partial charge < -0.3 is 14.2 Å². The predicted molar refractivity (Wildman–Crippen MR) is 89.5 cm³/mol. The molecule has 0 aromatic heterocycles. The summed E-state index contributed by atoms with van der Waals surface area (Å²) in [6.07, 6.45) is 7.10. The van der Waals surface area contributed by atoms with Gasteiger partial charge in [-0.25, -0.2) is 4.79 Å². The summed E-state index contributed by atoms with van der Waals surface area (Å²) in [6.45, 7) is 5.54. The van der Waals surface area contributed by atoms with Gasteiger partial charge >= 0.3 is 5.97 Å². The van der Waals surface area contributed by atoms with Crippen LogP contribution >= 0.6 is 0 Å². The van der Waals surface area contributed by atoms with Crippen LogP contribution in [0.3, 0.4) is 0 Å². The van der Waals surface area contributed by atoms with E-state index >= 15 is 0 Å². The van der Waals surface area contributed by atoms with Crippen LogP contribution in [-0.2, 0) is 14.2 Å². The van der Waals surface area contributed by atoms with Gasteiger partial charge in [-0.3, -0.25) is 0 Å². The Kier molecular flexibility index (Phi) is 6.81. The smallest absolute Gasteiger partial charge is 0.338 e. The molecule has 1 aliphatic rings. The second kappa shape index (κ2) is 8.85. The molecule has 4 nitrogen and oxygen atoms in total. The average Bonchev–Trinajstić information content (AvgIpc) is 2.76. The minimum atomic E-state index is -0.604. The van der Waals surface area contributed by atoms with Crippen molar-refractivity contribution < 1.29 is 19.0 Å². The van der Waals surface area contributed by atoms with Crippen LogP contribution in [0.2, 0.25) is 0 Å². The standard InChI is InChI=1S/C19H26O4/c1-3-4-13-21-17-11-8-12-19(2,23-14-17)15-22-18(20)16-9-6-5-7-10-16/h5-10,12,17H,3-4,11,13-15H2,1-2H3/t17?,19-/m1/s1. The first-order valence-electron chi connectivity index (χ1n) is 8.28. The second-order valence-electron chi connectivity index (χ2n) is 6.05. The Morgan fingerprint density at radius 3 is 2.87 bits per heavy atom. The zero-order chi connectivity index (χ0) is 16.5. The van der Waals surface area contributed by atoms with Gasteiger partial charge in [0, 0.05) is 6.61 Å². The van der Waals surface area contributed by atoms with Crippen LogP contribution < -0.4 is 0 Å². The lowest BCUT2D eigenvalue weighted by Crippen LogP contribution is -2.35. The SMILES string of the molecule is CCCCOC1CC=C[C@](C)(COC(=O)c2ccccc2)OC1. The van der Waals surface area contributed by atoms with Gasteiger partial charge in [0.2, 0.25) is 0 Å². The van der Waals surface area contributed by atoms with E-state index in [1.54, 1.807) is 12.1 Å². The van der Waals surface area contributed by atoms with Crippen LogP contribution in [0.1, 0.15) is 43.5 Å². The van der Waals surface area contributed by atoms with Crippen molar-refractivity contribution in [1.82, 2.24) is 0 Å². The van der Waals surface area contributed by atoms with E-state index in [9.17, 15) is 4.79 Å². The summed E-state index contributed by atoms with van der Waals surface area (Å²) in [7, 11) is 0. The van der Waals surface area contributed by atoms with Crippen LogP contribution in [0.4, 0.5) is 0 Å². The molecule has 0 N–H and O–H groups in total. The molecule has 0 saturated heterocycles. The summed E-state index contributed by atoms with van der Waals surface area (Å²) >= 11 is 0. The molecule has 1 aromatic rings. The van der Waals surface area contributed by atoms with E-state index < -0.39 is 5.60 Å². The van der Waals surface area contributed by atoms with E-state index in [1.807, 2.05) is 31.2 Å². The Bertz CT molecular complexity index is 511. The number of carbonyl (C=O) groups is 1. The van der Waals surface area contributed by atoms with Crippen molar-refractivity contribution in [2.45, 2.75) is 44.8 Å². The highest BCUT2D eigenvalue weighted by Crippen LogP contribution is 2.20. The predicted octanol–water partition coefficient (Wildman–Crippen LogP) is 3.76. The molecule has 1 aliphatic heterocycles. The minimum absolute atomic E-state index is 0.0736. The number of carbonyl (C=O) groups excluding carboxylic acids is 1. The van der Waals surface area contributed by atoms with E-state index in [4.69, 9.17) is 14.2 Å². The maximum Gasteiger partial charge on any atom is 0.338 e. The number of hydrogen-bond acceptors (Lipinski definition) is 4. The molecule has 0 amide bonds. The van der Waals surface area contributed by atoms with Gasteiger partial charge in [-0.2, -0.15) is 0 Å². The monoisotopic (exact) mass is 318 g/mol. The van der Waals surface area contributed by atoms with Gasteiger partial charge in [0.1, 0.15) is 12.2 Å². The van der Waals surface area contributed by atoms with Crippen molar-refractivity contribution in [2.24, 2.45) is 0 Å². The highest BCUT2D eigenvalue weighted by Gasteiger charge is 2.28. The highest BCUT2D eigenvalue weighted by atomic mass is 16.6. The summed E-state index contributed by atoms with van der Waals surface area (Å²) in [4.78, 5) is 12.0. The molecule has 4 heteroatoms. The molecule has 0 bridgehead atoms. The third-order valence-corrected chi connectivity index (χ3v) is 3.82. The fourth-order valence-corrected chi connectivity index (χ4v) is 2.34. The molecule has 2 rings (SSSR count). The summed E-state index contributed by atoms with van der Waals surface area (Å²) in [6, 6.07) is 8.99. The van der Waals surface area contributed by atoms with E-state index in [0.29, 0.717) is 12.2 Å². The van der Waals surface area contributed by atoms with Gasteiger partial charge in [0.05, 0.1) is 18.3 Å². The Labute approximate surface area is 138 Å². The molecular weight excluding hydrogens is 292 g/mol. The van der Waals surface area contributed by atoms with Crippen molar-refractivity contribution in [3.05, 3.63) is 48.0 Å². The summed E-state index contributed by atoms with van der Waals surface area (Å²) in [5.41, 5.74) is -0.0534. The zero-order valence-corrected chi connectivity index (χ0v) is 14.0. The normalized spacial score (nSPS) is 24.2. The van der Waals surface area contributed by atoms with Crippen molar-refractivity contribution in [3.63, 3.8) is 0 Å². The number of rotatable bonds is 7. The van der Waals surface area contributed by atoms with Gasteiger partial charge in [-0.15, -0.1) is 0 Å².